The number of imidazole rings is 1. The minimum absolute atomic E-state index is 0.645. The van der Waals surface area contributed by atoms with Crippen molar-refractivity contribution in [1.29, 1.82) is 0 Å². The molecule has 0 aliphatic rings. The van der Waals surface area contributed by atoms with Crippen LogP contribution < -0.4 is 5.32 Å². The molecule has 2 heterocycles. The fourth-order valence-electron chi connectivity index (χ4n) is 2.14. The number of methoxy groups -OCH3 is 1. The van der Waals surface area contributed by atoms with Crippen LogP contribution in [-0.4, -0.2) is 34.6 Å². The van der Waals surface area contributed by atoms with Gasteiger partial charge in [-0.05, 0) is 0 Å². The highest BCUT2D eigenvalue weighted by molar-refractivity contribution is 5.76. The van der Waals surface area contributed by atoms with Crippen LogP contribution in [0.5, 0.6) is 0 Å². The molecule has 0 unspecified atom stereocenters. The number of aromatic nitrogens is 3. The second-order valence-corrected chi connectivity index (χ2v) is 4.40. The second kappa shape index (κ2) is 5.71. The minimum Gasteiger partial charge on any atom is -0.383 e. The van der Waals surface area contributed by atoms with Crippen molar-refractivity contribution in [1.82, 2.24) is 14.4 Å². The van der Waals surface area contributed by atoms with E-state index in [2.05, 4.69) is 27.4 Å². The van der Waals surface area contributed by atoms with Gasteiger partial charge in [-0.25, -0.2) is 4.98 Å². The topological polar surface area (TPSA) is 51.5 Å². The number of anilines is 1. The van der Waals surface area contributed by atoms with Gasteiger partial charge in [-0.3, -0.25) is 9.38 Å². The van der Waals surface area contributed by atoms with Gasteiger partial charge in [-0.2, -0.15) is 0 Å². The van der Waals surface area contributed by atoms with Crippen LogP contribution in [-0.2, 0) is 4.74 Å². The van der Waals surface area contributed by atoms with Crippen LogP contribution in [0, 0.1) is 0 Å². The first-order valence-corrected chi connectivity index (χ1v) is 6.50. The van der Waals surface area contributed by atoms with Crippen molar-refractivity contribution in [3.05, 3.63) is 48.9 Å². The third-order valence-electron chi connectivity index (χ3n) is 3.08. The number of fused-ring (bicyclic) bond motifs is 1. The Morgan fingerprint density at radius 3 is 2.90 bits per heavy atom. The van der Waals surface area contributed by atoms with Crippen molar-refractivity contribution in [2.45, 2.75) is 0 Å². The van der Waals surface area contributed by atoms with E-state index in [1.54, 1.807) is 19.5 Å². The minimum atomic E-state index is 0.645. The van der Waals surface area contributed by atoms with E-state index in [0.717, 1.165) is 29.3 Å². The average molecular weight is 268 g/mol. The molecule has 0 atom stereocenters. The zero-order valence-electron chi connectivity index (χ0n) is 11.3. The normalized spacial score (nSPS) is 10.8. The number of rotatable bonds is 5. The summed E-state index contributed by atoms with van der Waals surface area (Å²) in [6, 6.07) is 10.1. The molecule has 1 aromatic carbocycles. The SMILES string of the molecule is COCCNc1c(-c2ccccc2)nc2cnccn12. The lowest BCUT2D eigenvalue weighted by molar-refractivity contribution is 0.210. The lowest BCUT2D eigenvalue weighted by Gasteiger charge is -2.08. The van der Waals surface area contributed by atoms with Crippen molar-refractivity contribution >= 4 is 11.5 Å². The highest BCUT2D eigenvalue weighted by atomic mass is 16.5. The summed E-state index contributed by atoms with van der Waals surface area (Å²) in [5, 5.41) is 3.38. The van der Waals surface area contributed by atoms with Gasteiger partial charge in [0.15, 0.2) is 5.65 Å². The van der Waals surface area contributed by atoms with Crippen molar-refractivity contribution in [2.24, 2.45) is 0 Å². The molecule has 0 spiro atoms. The molecular weight excluding hydrogens is 252 g/mol. The zero-order chi connectivity index (χ0) is 13.8. The van der Waals surface area contributed by atoms with Crippen molar-refractivity contribution < 1.29 is 4.74 Å². The Bertz CT molecular complexity index is 693. The molecule has 5 heteroatoms. The van der Waals surface area contributed by atoms with Crippen LogP contribution in [0.2, 0.25) is 0 Å². The van der Waals surface area contributed by atoms with Crippen LogP contribution in [0.25, 0.3) is 16.9 Å². The quantitative estimate of drug-likeness (QED) is 0.722. The largest absolute Gasteiger partial charge is 0.383 e. The fourth-order valence-corrected chi connectivity index (χ4v) is 2.14. The van der Waals surface area contributed by atoms with E-state index >= 15 is 0 Å². The van der Waals surface area contributed by atoms with E-state index < -0.39 is 0 Å². The van der Waals surface area contributed by atoms with Crippen LogP contribution in [0.3, 0.4) is 0 Å². The lowest BCUT2D eigenvalue weighted by atomic mass is 10.1. The summed E-state index contributed by atoms with van der Waals surface area (Å²) in [6.45, 7) is 1.37. The Morgan fingerprint density at radius 1 is 1.25 bits per heavy atom. The predicted octanol–water partition coefficient (Wildman–Crippen LogP) is 2.45. The van der Waals surface area contributed by atoms with Gasteiger partial charge < -0.3 is 10.1 Å². The third kappa shape index (κ3) is 2.35. The van der Waals surface area contributed by atoms with Gasteiger partial charge in [0, 0.05) is 31.6 Å². The number of ether oxygens (including phenoxy) is 1. The summed E-state index contributed by atoms with van der Waals surface area (Å²) in [7, 11) is 1.69. The second-order valence-electron chi connectivity index (χ2n) is 4.40. The van der Waals surface area contributed by atoms with Crippen LogP contribution >= 0.6 is 0 Å². The molecule has 0 saturated heterocycles. The van der Waals surface area contributed by atoms with Gasteiger partial charge >= 0.3 is 0 Å². The number of nitrogens with one attached hydrogen (secondary N) is 1. The molecule has 1 N–H and O–H groups in total. The Morgan fingerprint density at radius 2 is 2.10 bits per heavy atom. The number of hydrogen-bond acceptors (Lipinski definition) is 4. The maximum absolute atomic E-state index is 5.09. The molecule has 0 amide bonds. The summed E-state index contributed by atoms with van der Waals surface area (Å²) in [5.74, 6) is 0.964. The molecule has 3 aromatic rings. The molecular formula is C15H16N4O. The Balaban J connectivity index is 2.08. The van der Waals surface area contributed by atoms with Gasteiger partial charge in [0.25, 0.3) is 0 Å². The summed E-state index contributed by atoms with van der Waals surface area (Å²) in [6.07, 6.45) is 5.42. The van der Waals surface area contributed by atoms with Crippen molar-refractivity contribution in [2.75, 3.05) is 25.6 Å². The van der Waals surface area contributed by atoms with Gasteiger partial charge in [-0.1, -0.05) is 30.3 Å². The molecule has 2 aromatic heterocycles. The van der Waals surface area contributed by atoms with E-state index in [1.807, 2.05) is 28.8 Å². The standard InChI is InChI=1S/C15H16N4O/c1-20-10-8-17-15-14(12-5-3-2-4-6-12)18-13-11-16-7-9-19(13)15/h2-7,9,11,17H,8,10H2,1H3. The molecule has 5 nitrogen and oxygen atoms in total. The van der Waals surface area contributed by atoms with E-state index in [1.165, 1.54) is 0 Å². The summed E-state index contributed by atoms with van der Waals surface area (Å²) < 4.78 is 7.10. The number of hydrogen-bond donors (Lipinski definition) is 1. The van der Waals surface area contributed by atoms with Crippen molar-refractivity contribution in [3.8, 4) is 11.3 Å². The highest BCUT2D eigenvalue weighted by Gasteiger charge is 2.13. The maximum Gasteiger partial charge on any atom is 0.157 e. The highest BCUT2D eigenvalue weighted by Crippen LogP contribution is 2.27. The molecule has 0 aliphatic carbocycles. The first-order valence-electron chi connectivity index (χ1n) is 6.50. The first kappa shape index (κ1) is 12.6. The summed E-state index contributed by atoms with van der Waals surface area (Å²) >= 11 is 0. The number of benzene rings is 1. The van der Waals surface area contributed by atoms with E-state index in [0.29, 0.717) is 6.61 Å². The molecule has 0 radical (unpaired) electrons. The van der Waals surface area contributed by atoms with E-state index in [9.17, 15) is 0 Å². The molecule has 0 fully saturated rings. The first-order chi connectivity index (χ1) is 9.90. The molecule has 0 saturated carbocycles. The summed E-state index contributed by atoms with van der Waals surface area (Å²) in [4.78, 5) is 8.78. The van der Waals surface area contributed by atoms with Gasteiger partial charge in [0.1, 0.15) is 11.5 Å². The molecule has 0 aliphatic heterocycles. The average Bonchev–Trinajstić information content (AvgIpc) is 2.87. The lowest BCUT2D eigenvalue weighted by Crippen LogP contribution is -2.10. The van der Waals surface area contributed by atoms with E-state index in [4.69, 9.17) is 4.74 Å². The molecule has 102 valence electrons. The van der Waals surface area contributed by atoms with Crippen molar-refractivity contribution in [3.63, 3.8) is 0 Å². The fraction of sp³-hybridized carbons (Fsp3) is 0.200. The Labute approximate surface area is 117 Å². The van der Waals surface area contributed by atoms with Crippen LogP contribution in [0.15, 0.2) is 48.9 Å². The zero-order valence-corrected chi connectivity index (χ0v) is 11.3. The molecule has 3 rings (SSSR count). The number of nitrogens with zero attached hydrogens (tertiary/aromatic N) is 3. The van der Waals surface area contributed by atoms with Crippen LogP contribution in [0.1, 0.15) is 0 Å². The van der Waals surface area contributed by atoms with Gasteiger partial charge in [-0.15, -0.1) is 0 Å². The maximum atomic E-state index is 5.09. The monoisotopic (exact) mass is 268 g/mol. The summed E-state index contributed by atoms with van der Waals surface area (Å²) in [5.41, 5.74) is 2.83. The smallest absolute Gasteiger partial charge is 0.157 e. The van der Waals surface area contributed by atoms with Crippen LogP contribution in [0.4, 0.5) is 5.82 Å². The van der Waals surface area contributed by atoms with E-state index in [-0.39, 0.29) is 0 Å². The molecule has 20 heavy (non-hydrogen) atoms. The predicted molar refractivity (Wildman–Crippen MR) is 78.8 cm³/mol. The van der Waals surface area contributed by atoms with Gasteiger partial charge in [0.05, 0.1) is 12.8 Å². The molecule has 0 bridgehead atoms. The Kier molecular flexibility index (Phi) is 3.60. The third-order valence-corrected chi connectivity index (χ3v) is 3.08. The Hall–Kier alpha value is -2.40. The van der Waals surface area contributed by atoms with Gasteiger partial charge in [0.2, 0.25) is 0 Å².